The van der Waals surface area contributed by atoms with E-state index >= 15 is 0 Å². The molecule has 0 radical (unpaired) electrons. The third kappa shape index (κ3) is 38.8. The van der Waals surface area contributed by atoms with Crippen LogP contribution in [0.1, 0.15) is 200 Å². The van der Waals surface area contributed by atoms with Crippen LogP contribution in [0.2, 0.25) is 0 Å². The van der Waals surface area contributed by atoms with Gasteiger partial charge < -0.3 is 28.6 Å². The van der Waals surface area contributed by atoms with E-state index in [2.05, 4.69) is 62.5 Å². The van der Waals surface area contributed by atoms with Gasteiger partial charge in [0.2, 0.25) is 0 Å². The number of ether oxygens (including phenoxy) is 3. The summed E-state index contributed by atoms with van der Waals surface area (Å²) in [5.74, 6) is -1.77. The monoisotopic (exact) mass is 816 g/mol. The van der Waals surface area contributed by atoms with E-state index in [9.17, 15) is 19.5 Å². The molecular weight excluding hydrogens is 727 g/mol. The van der Waals surface area contributed by atoms with Gasteiger partial charge in [-0.2, -0.15) is 0 Å². The van der Waals surface area contributed by atoms with Crippen LogP contribution in [0.25, 0.3) is 0 Å². The van der Waals surface area contributed by atoms with Crippen LogP contribution in [0, 0.1) is 0 Å². The molecule has 8 heteroatoms. The Morgan fingerprint density at radius 1 is 0.534 bits per heavy atom. The fourth-order valence-electron chi connectivity index (χ4n) is 6.79. The van der Waals surface area contributed by atoms with Crippen LogP contribution in [-0.2, 0) is 28.6 Å². The second kappa shape index (κ2) is 41.0. The molecular formula is C50H89NO7. The van der Waals surface area contributed by atoms with Gasteiger partial charge >= 0.3 is 11.9 Å². The fourth-order valence-corrected chi connectivity index (χ4v) is 6.79. The molecule has 58 heavy (non-hydrogen) atoms. The lowest BCUT2D eigenvalue weighted by Crippen LogP contribution is -2.55. The summed E-state index contributed by atoms with van der Waals surface area (Å²) in [4.78, 5) is 36.9. The summed E-state index contributed by atoms with van der Waals surface area (Å²) in [6.45, 7) is 4.53. The number of allylic oxidation sites excluding steroid dienone is 8. The van der Waals surface area contributed by atoms with Crippen molar-refractivity contribution in [1.82, 2.24) is 0 Å². The standard InChI is InChI=1S/C50H89NO7/c1-6-8-10-12-14-16-18-20-22-23-24-25-26-27-29-30-32-34-36-38-40-48(52)57-45-46(44-56-43-42-47(50(54)55)51(3,4)5)58-49(53)41-39-37-35-33-31-28-21-19-17-15-13-11-9-7-2/h9,11,15,17,21,24-25,28,46-47H,6-8,10,12-14,16,18-20,22-23,26-27,29-45H2,1-5H3/b11-9+,17-15+,25-24+,28-21+. The highest BCUT2D eigenvalue weighted by Gasteiger charge is 2.25. The van der Waals surface area contributed by atoms with Crippen molar-refractivity contribution >= 4 is 17.9 Å². The first-order chi connectivity index (χ1) is 28.1. The van der Waals surface area contributed by atoms with Gasteiger partial charge in [0.15, 0.2) is 6.10 Å². The Kier molecular flexibility index (Phi) is 39.1. The average molecular weight is 816 g/mol. The highest BCUT2D eigenvalue weighted by molar-refractivity contribution is 5.70. The molecule has 0 rings (SSSR count). The van der Waals surface area contributed by atoms with Crippen molar-refractivity contribution < 1.29 is 38.2 Å². The van der Waals surface area contributed by atoms with Gasteiger partial charge in [-0.3, -0.25) is 9.59 Å². The van der Waals surface area contributed by atoms with Gasteiger partial charge in [-0.25, -0.2) is 0 Å². The molecule has 336 valence electrons. The topological polar surface area (TPSA) is 102 Å². The number of carboxylic acids is 1. The van der Waals surface area contributed by atoms with E-state index < -0.39 is 18.1 Å². The Morgan fingerprint density at radius 2 is 0.966 bits per heavy atom. The van der Waals surface area contributed by atoms with Crippen LogP contribution in [0.15, 0.2) is 48.6 Å². The largest absolute Gasteiger partial charge is 0.544 e. The highest BCUT2D eigenvalue weighted by atomic mass is 16.6. The van der Waals surface area contributed by atoms with E-state index in [4.69, 9.17) is 14.2 Å². The smallest absolute Gasteiger partial charge is 0.306 e. The van der Waals surface area contributed by atoms with Crippen molar-refractivity contribution in [3.8, 4) is 0 Å². The Bertz CT molecular complexity index is 1090. The van der Waals surface area contributed by atoms with Crippen molar-refractivity contribution in [2.45, 2.75) is 212 Å². The lowest BCUT2D eigenvalue weighted by atomic mass is 10.1. The minimum absolute atomic E-state index is 0.0298. The van der Waals surface area contributed by atoms with Crippen LogP contribution in [-0.4, -0.2) is 75.5 Å². The van der Waals surface area contributed by atoms with Gasteiger partial charge in [0.25, 0.3) is 0 Å². The minimum Gasteiger partial charge on any atom is -0.544 e. The molecule has 8 nitrogen and oxygen atoms in total. The molecule has 0 saturated heterocycles. The number of likely N-dealkylation sites (N-methyl/N-ethyl adjacent to an activating group) is 1. The Labute approximate surface area is 356 Å². The molecule has 0 fully saturated rings. The zero-order chi connectivity index (χ0) is 42.8. The maximum absolute atomic E-state index is 12.7. The number of aliphatic carboxylic acids is 1. The first-order valence-corrected chi connectivity index (χ1v) is 23.7. The number of hydrogen-bond acceptors (Lipinski definition) is 7. The number of quaternary nitrogens is 1. The Morgan fingerprint density at radius 3 is 1.45 bits per heavy atom. The molecule has 0 N–H and O–H groups in total. The van der Waals surface area contributed by atoms with Gasteiger partial charge in [-0.1, -0.05) is 159 Å². The van der Waals surface area contributed by atoms with Crippen LogP contribution >= 0.6 is 0 Å². The third-order valence-electron chi connectivity index (χ3n) is 10.4. The SMILES string of the molecule is CC/C=C/C/C=C/C/C=C/CCCCCCC(=O)OC(COCCC(C(=O)[O-])[N+](C)(C)C)COC(=O)CCCCCCCCC/C=C/CCCCCCCCCCC. The number of unbranched alkanes of at least 4 members (excludes halogenated alkanes) is 20. The summed E-state index contributed by atoms with van der Waals surface area (Å²) in [6.07, 6.45) is 48.5. The minimum atomic E-state index is -1.13. The summed E-state index contributed by atoms with van der Waals surface area (Å²) in [7, 11) is 5.40. The number of rotatable bonds is 42. The molecule has 0 saturated carbocycles. The van der Waals surface area contributed by atoms with Crippen LogP contribution < -0.4 is 5.11 Å². The van der Waals surface area contributed by atoms with E-state index in [1.165, 1.54) is 96.3 Å². The maximum atomic E-state index is 12.7. The molecule has 0 aromatic heterocycles. The predicted octanol–water partition coefficient (Wildman–Crippen LogP) is 11.9. The van der Waals surface area contributed by atoms with Gasteiger partial charge in [-0.05, 0) is 70.6 Å². The summed E-state index contributed by atoms with van der Waals surface area (Å²) >= 11 is 0. The van der Waals surface area contributed by atoms with Crippen molar-refractivity contribution in [3.63, 3.8) is 0 Å². The lowest BCUT2D eigenvalue weighted by molar-refractivity contribution is -0.889. The molecule has 2 atom stereocenters. The number of nitrogens with zero attached hydrogens (tertiary/aromatic N) is 1. The molecule has 0 aliphatic rings. The van der Waals surface area contributed by atoms with Crippen molar-refractivity contribution in [2.75, 3.05) is 41.0 Å². The maximum Gasteiger partial charge on any atom is 0.306 e. The van der Waals surface area contributed by atoms with E-state index in [1.54, 1.807) is 21.1 Å². The van der Waals surface area contributed by atoms with Crippen molar-refractivity contribution in [3.05, 3.63) is 48.6 Å². The van der Waals surface area contributed by atoms with E-state index in [0.717, 1.165) is 70.6 Å². The van der Waals surface area contributed by atoms with Gasteiger partial charge in [0.05, 0.1) is 40.3 Å². The molecule has 0 aliphatic carbocycles. The highest BCUT2D eigenvalue weighted by Crippen LogP contribution is 2.14. The van der Waals surface area contributed by atoms with Gasteiger partial charge in [0, 0.05) is 19.3 Å². The molecule has 2 unspecified atom stereocenters. The first-order valence-electron chi connectivity index (χ1n) is 23.7. The predicted molar refractivity (Wildman–Crippen MR) is 240 cm³/mol. The number of hydrogen-bond donors (Lipinski definition) is 0. The van der Waals surface area contributed by atoms with Crippen LogP contribution in [0.5, 0.6) is 0 Å². The third-order valence-corrected chi connectivity index (χ3v) is 10.4. The van der Waals surface area contributed by atoms with E-state index in [1.807, 2.05) is 0 Å². The first kappa shape index (κ1) is 55.3. The molecule has 0 spiro atoms. The second-order valence-corrected chi connectivity index (χ2v) is 17.0. The van der Waals surface area contributed by atoms with Crippen molar-refractivity contribution in [2.24, 2.45) is 0 Å². The summed E-state index contributed by atoms with van der Waals surface area (Å²) < 4.78 is 17.2. The van der Waals surface area contributed by atoms with Crippen LogP contribution in [0.4, 0.5) is 0 Å². The number of esters is 2. The zero-order valence-electron chi connectivity index (χ0n) is 38.2. The zero-order valence-corrected chi connectivity index (χ0v) is 38.2. The Hall–Kier alpha value is -2.71. The molecule has 0 bridgehead atoms. The van der Waals surface area contributed by atoms with Gasteiger partial charge in [0.1, 0.15) is 12.6 Å². The average Bonchev–Trinajstić information content (AvgIpc) is 3.18. The number of carbonyl (C=O) groups is 3. The van der Waals surface area contributed by atoms with Gasteiger partial charge in [-0.15, -0.1) is 0 Å². The normalized spacial score (nSPS) is 13.3. The Balaban J connectivity index is 4.29. The number of carboxylic acid groups (broad SMARTS) is 1. The second-order valence-electron chi connectivity index (χ2n) is 17.0. The number of carbonyl (C=O) groups excluding carboxylic acids is 3. The fraction of sp³-hybridized carbons (Fsp3) is 0.780. The summed E-state index contributed by atoms with van der Waals surface area (Å²) in [5, 5.41) is 11.6. The van der Waals surface area contributed by atoms with E-state index in [0.29, 0.717) is 12.8 Å². The van der Waals surface area contributed by atoms with Crippen molar-refractivity contribution in [1.29, 1.82) is 0 Å². The lowest BCUT2D eigenvalue weighted by Gasteiger charge is -2.34. The molecule has 0 heterocycles. The summed E-state index contributed by atoms with van der Waals surface area (Å²) in [5.41, 5.74) is 0. The summed E-state index contributed by atoms with van der Waals surface area (Å²) in [6, 6.07) is -0.731. The van der Waals surface area contributed by atoms with Crippen LogP contribution in [0.3, 0.4) is 0 Å². The molecule has 0 aromatic rings. The molecule has 0 amide bonds. The molecule has 0 aliphatic heterocycles. The quantitative estimate of drug-likeness (QED) is 0.0262. The van der Waals surface area contributed by atoms with E-state index in [-0.39, 0.29) is 42.7 Å². The molecule has 0 aromatic carbocycles.